The number of nitrogens with zero attached hydrogens (tertiary/aromatic N) is 3. The predicted octanol–water partition coefficient (Wildman–Crippen LogP) is 8.49. The third-order valence-electron chi connectivity index (χ3n) is 7.78. The summed E-state index contributed by atoms with van der Waals surface area (Å²) in [5.74, 6) is 1.12. The summed E-state index contributed by atoms with van der Waals surface area (Å²) >= 11 is 7.71. The lowest BCUT2D eigenvalue weighted by Crippen LogP contribution is -2.31. The van der Waals surface area contributed by atoms with Crippen LogP contribution in [0.4, 0.5) is 16.0 Å². The predicted molar refractivity (Wildman–Crippen MR) is 177 cm³/mol. The smallest absolute Gasteiger partial charge is 0.255 e. The molecule has 1 atom stereocenters. The number of carbonyl (C=O) groups is 1. The number of fused-ring (bicyclic) bond motifs is 1. The number of halogens is 2. The molecule has 1 aliphatic heterocycles. The summed E-state index contributed by atoms with van der Waals surface area (Å²) in [6.45, 7) is 5.86. The molecule has 228 valence electrons. The van der Waals surface area contributed by atoms with Crippen molar-refractivity contribution in [2.45, 2.75) is 44.3 Å². The number of hydrogen-bond acceptors (Lipinski definition) is 6. The van der Waals surface area contributed by atoms with Gasteiger partial charge >= 0.3 is 0 Å². The fraction of sp³-hybridized carbons (Fsp3) is 0.171. The van der Waals surface area contributed by atoms with Crippen LogP contribution >= 0.6 is 23.4 Å². The number of allylic oxidation sites excluding steroid dienone is 1. The van der Waals surface area contributed by atoms with Crippen LogP contribution in [0.15, 0.2) is 107 Å². The Balaban J connectivity index is 1.31. The van der Waals surface area contributed by atoms with Crippen LogP contribution in [0.1, 0.15) is 40.8 Å². The molecule has 5 aromatic rings. The Morgan fingerprint density at radius 3 is 2.51 bits per heavy atom. The average molecular weight is 640 g/mol. The minimum Gasteiger partial charge on any atom is -0.489 e. The maximum Gasteiger partial charge on any atom is 0.255 e. The molecule has 1 amide bonds. The van der Waals surface area contributed by atoms with E-state index >= 15 is 0 Å². The first kappa shape index (κ1) is 30.4. The normalized spacial score (nSPS) is 14.1. The molecule has 1 aromatic heterocycles. The van der Waals surface area contributed by atoms with Gasteiger partial charge in [-0.15, -0.1) is 5.10 Å². The number of ether oxygens (including phenoxy) is 1. The third-order valence-corrected chi connectivity index (χ3v) is 9.04. The SMILES string of the molecule is CC1=C(C(=O)Nc2cccc(C)c2C)C(c2ccc(OCc3c(F)cccc3Cl)cc2)n2nc(SCc3ccccc3)nc2N1. The summed E-state index contributed by atoms with van der Waals surface area (Å²) in [5, 5.41) is 12.2. The Labute approximate surface area is 270 Å². The maximum absolute atomic E-state index is 14.3. The van der Waals surface area contributed by atoms with E-state index in [1.807, 2.05) is 69.3 Å². The number of hydrogen-bond donors (Lipinski definition) is 2. The molecule has 0 bridgehead atoms. The molecule has 2 N–H and O–H groups in total. The van der Waals surface area contributed by atoms with Crippen LogP contribution in [0, 0.1) is 19.7 Å². The van der Waals surface area contributed by atoms with E-state index in [0.717, 1.165) is 27.9 Å². The number of rotatable bonds is 9. The molecule has 0 saturated carbocycles. The molecule has 4 aromatic carbocycles. The first-order valence-corrected chi connectivity index (χ1v) is 15.8. The second-order valence-electron chi connectivity index (χ2n) is 10.8. The van der Waals surface area contributed by atoms with Crippen LogP contribution in [0.3, 0.4) is 0 Å². The minimum absolute atomic E-state index is 0.0179. The summed E-state index contributed by atoms with van der Waals surface area (Å²) in [6, 6.07) is 27.3. The Hall–Kier alpha value is -4.60. The lowest BCUT2D eigenvalue weighted by Gasteiger charge is -2.29. The quantitative estimate of drug-likeness (QED) is 0.157. The van der Waals surface area contributed by atoms with E-state index in [0.29, 0.717) is 44.5 Å². The van der Waals surface area contributed by atoms with Crippen LogP contribution in [0.25, 0.3) is 0 Å². The van der Waals surface area contributed by atoms with E-state index in [4.69, 9.17) is 26.4 Å². The number of aromatic nitrogens is 3. The standard InChI is InChI=1S/C35H31ClFN5O2S/c1-21-9-7-14-30(22(21)2)39-33(43)31-23(3)38-34-40-35(45-20-24-10-5-4-6-11-24)41-42(34)32(31)25-15-17-26(18-16-25)44-19-27-28(36)12-8-13-29(27)37/h4-18,32H,19-20H2,1-3H3,(H,39,43)(H,38,40,41). The van der Waals surface area contributed by atoms with Gasteiger partial charge in [-0.05, 0) is 73.4 Å². The monoisotopic (exact) mass is 639 g/mol. The zero-order valence-corrected chi connectivity index (χ0v) is 26.5. The van der Waals surface area contributed by atoms with Gasteiger partial charge in [0, 0.05) is 22.7 Å². The van der Waals surface area contributed by atoms with Crippen molar-refractivity contribution in [3.63, 3.8) is 0 Å². The van der Waals surface area contributed by atoms with Gasteiger partial charge in [0.25, 0.3) is 5.91 Å². The van der Waals surface area contributed by atoms with Crippen molar-refractivity contribution in [1.29, 1.82) is 0 Å². The number of benzene rings is 4. The van der Waals surface area contributed by atoms with Crippen molar-refractivity contribution in [3.05, 3.63) is 141 Å². The van der Waals surface area contributed by atoms with Crippen molar-refractivity contribution in [1.82, 2.24) is 14.8 Å². The molecular weight excluding hydrogens is 609 g/mol. The minimum atomic E-state index is -0.569. The zero-order chi connectivity index (χ0) is 31.5. The summed E-state index contributed by atoms with van der Waals surface area (Å²) in [4.78, 5) is 18.8. The van der Waals surface area contributed by atoms with Gasteiger partial charge in [-0.1, -0.05) is 84.0 Å². The van der Waals surface area contributed by atoms with Crippen LogP contribution < -0.4 is 15.4 Å². The van der Waals surface area contributed by atoms with E-state index in [-0.39, 0.29) is 12.5 Å². The number of aryl methyl sites for hydroxylation is 1. The lowest BCUT2D eigenvalue weighted by atomic mass is 9.94. The second kappa shape index (κ2) is 13.2. The Bertz CT molecular complexity index is 1870. The molecule has 0 saturated heterocycles. The molecule has 6 rings (SSSR count). The third kappa shape index (κ3) is 6.60. The molecular formula is C35H31ClFN5O2S. The highest BCUT2D eigenvalue weighted by Crippen LogP contribution is 2.38. The van der Waals surface area contributed by atoms with E-state index in [1.54, 1.807) is 28.9 Å². The highest BCUT2D eigenvalue weighted by Gasteiger charge is 2.34. The Morgan fingerprint density at radius 2 is 1.76 bits per heavy atom. The molecule has 10 heteroatoms. The van der Waals surface area contributed by atoms with Gasteiger partial charge in [0.05, 0.1) is 10.6 Å². The number of thioether (sulfide) groups is 1. The van der Waals surface area contributed by atoms with Gasteiger partial charge < -0.3 is 15.4 Å². The molecule has 0 spiro atoms. The molecule has 0 aliphatic carbocycles. The van der Waals surface area contributed by atoms with Gasteiger partial charge in [-0.25, -0.2) is 9.07 Å². The first-order chi connectivity index (χ1) is 21.8. The number of nitrogens with one attached hydrogen (secondary N) is 2. The van der Waals surface area contributed by atoms with Gasteiger partial charge in [-0.3, -0.25) is 4.79 Å². The summed E-state index contributed by atoms with van der Waals surface area (Å²) in [5.41, 5.74) is 6.29. The first-order valence-electron chi connectivity index (χ1n) is 14.4. The highest BCUT2D eigenvalue weighted by molar-refractivity contribution is 7.98. The van der Waals surface area contributed by atoms with Crippen molar-refractivity contribution in [3.8, 4) is 5.75 Å². The van der Waals surface area contributed by atoms with Crippen molar-refractivity contribution in [2.75, 3.05) is 10.6 Å². The van der Waals surface area contributed by atoms with E-state index < -0.39 is 11.9 Å². The van der Waals surface area contributed by atoms with Crippen molar-refractivity contribution < 1.29 is 13.9 Å². The van der Waals surface area contributed by atoms with Crippen LogP contribution in [-0.2, 0) is 17.2 Å². The van der Waals surface area contributed by atoms with Crippen LogP contribution in [0.5, 0.6) is 5.75 Å². The largest absolute Gasteiger partial charge is 0.489 e. The van der Waals surface area contributed by atoms with E-state index in [2.05, 4.69) is 22.8 Å². The maximum atomic E-state index is 14.3. The Morgan fingerprint density at radius 1 is 1.00 bits per heavy atom. The second-order valence-corrected chi connectivity index (χ2v) is 12.1. The molecule has 1 unspecified atom stereocenters. The fourth-order valence-electron chi connectivity index (χ4n) is 5.17. The summed E-state index contributed by atoms with van der Waals surface area (Å²) in [6.07, 6.45) is 0. The molecule has 7 nitrogen and oxygen atoms in total. The van der Waals surface area contributed by atoms with Gasteiger partial charge in [0.1, 0.15) is 24.2 Å². The van der Waals surface area contributed by atoms with Gasteiger partial charge in [0.2, 0.25) is 11.1 Å². The van der Waals surface area contributed by atoms with Crippen molar-refractivity contribution in [2.24, 2.45) is 0 Å². The number of anilines is 2. The van der Waals surface area contributed by atoms with E-state index in [1.165, 1.54) is 17.8 Å². The Kier molecular flexibility index (Phi) is 8.91. The number of carbonyl (C=O) groups excluding carboxylic acids is 1. The van der Waals surface area contributed by atoms with E-state index in [9.17, 15) is 9.18 Å². The summed E-state index contributed by atoms with van der Waals surface area (Å²) < 4.78 is 21.9. The number of amides is 1. The van der Waals surface area contributed by atoms with Crippen molar-refractivity contribution >= 4 is 40.9 Å². The van der Waals surface area contributed by atoms with Crippen LogP contribution in [0.2, 0.25) is 5.02 Å². The molecule has 45 heavy (non-hydrogen) atoms. The highest BCUT2D eigenvalue weighted by atomic mass is 35.5. The van der Waals surface area contributed by atoms with Gasteiger partial charge in [-0.2, -0.15) is 4.98 Å². The van der Waals surface area contributed by atoms with Gasteiger partial charge in [0.15, 0.2) is 0 Å². The zero-order valence-electron chi connectivity index (χ0n) is 25.0. The molecule has 0 radical (unpaired) electrons. The average Bonchev–Trinajstić information content (AvgIpc) is 3.44. The van der Waals surface area contributed by atoms with Crippen LogP contribution in [-0.4, -0.2) is 20.7 Å². The molecule has 0 fully saturated rings. The molecule has 1 aliphatic rings. The molecule has 2 heterocycles. The lowest BCUT2D eigenvalue weighted by molar-refractivity contribution is -0.113. The topological polar surface area (TPSA) is 81.1 Å². The summed E-state index contributed by atoms with van der Waals surface area (Å²) in [7, 11) is 0. The fourth-order valence-corrected chi connectivity index (χ4v) is 6.17.